The molecule has 0 radical (unpaired) electrons. The molecule has 1 saturated heterocycles. The highest BCUT2D eigenvalue weighted by atomic mass is 16.5. The molecule has 0 spiro atoms. The van der Waals surface area contributed by atoms with Gasteiger partial charge >= 0.3 is 0 Å². The van der Waals surface area contributed by atoms with Gasteiger partial charge in [-0.15, -0.1) is 0 Å². The summed E-state index contributed by atoms with van der Waals surface area (Å²) >= 11 is 0. The normalized spacial score (nSPS) is 19.9. The van der Waals surface area contributed by atoms with E-state index in [9.17, 15) is 4.79 Å². The van der Waals surface area contributed by atoms with Gasteiger partial charge in [-0.25, -0.2) is 0 Å². The van der Waals surface area contributed by atoms with Crippen molar-refractivity contribution in [1.82, 2.24) is 10.2 Å². The molecule has 1 heterocycles. The molecule has 2 rings (SSSR count). The zero-order valence-electron chi connectivity index (χ0n) is 13.1. The Labute approximate surface area is 126 Å². The van der Waals surface area contributed by atoms with Gasteiger partial charge in [-0.1, -0.05) is 6.07 Å². The Balaban J connectivity index is 1.92. The van der Waals surface area contributed by atoms with Gasteiger partial charge in [-0.05, 0) is 31.5 Å². The third kappa shape index (κ3) is 4.72. The van der Waals surface area contributed by atoms with Crippen molar-refractivity contribution in [1.29, 1.82) is 0 Å². The second-order valence-electron chi connectivity index (χ2n) is 5.79. The number of benzene rings is 1. The third-order valence-electron chi connectivity index (χ3n) is 3.57. The Morgan fingerprint density at radius 1 is 1.52 bits per heavy atom. The lowest BCUT2D eigenvalue weighted by Crippen LogP contribution is -2.43. The first-order valence-corrected chi connectivity index (χ1v) is 7.45. The molecule has 1 amide bonds. The van der Waals surface area contributed by atoms with Crippen LogP contribution in [0.3, 0.4) is 0 Å². The number of carbonyl (C=O) groups excluding carboxylic acids is 1. The number of anilines is 1. The largest absolute Gasteiger partial charge is 0.383 e. The molecule has 1 aliphatic rings. The van der Waals surface area contributed by atoms with Crippen LogP contribution in [-0.2, 0) is 4.74 Å². The van der Waals surface area contributed by atoms with E-state index in [2.05, 4.69) is 17.6 Å². The van der Waals surface area contributed by atoms with Crippen molar-refractivity contribution in [3.63, 3.8) is 0 Å². The van der Waals surface area contributed by atoms with Crippen LogP contribution in [0.4, 0.5) is 5.69 Å². The molecule has 5 nitrogen and oxygen atoms in total. The van der Waals surface area contributed by atoms with Crippen LogP contribution >= 0.6 is 0 Å². The van der Waals surface area contributed by atoms with Crippen molar-refractivity contribution in [2.75, 3.05) is 39.2 Å². The van der Waals surface area contributed by atoms with Crippen LogP contribution in [0.15, 0.2) is 24.3 Å². The molecule has 5 heteroatoms. The molecule has 1 aromatic carbocycles. The molecule has 1 aromatic rings. The predicted octanol–water partition coefficient (Wildman–Crippen LogP) is 1.57. The fourth-order valence-electron chi connectivity index (χ4n) is 2.54. The minimum absolute atomic E-state index is 0.0219. The van der Waals surface area contributed by atoms with E-state index in [1.807, 2.05) is 24.3 Å². The second kappa shape index (κ2) is 7.43. The van der Waals surface area contributed by atoms with Gasteiger partial charge in [-0.2, -0.15) is 0 Å². The monoisotopic (exact) mass is 291 g/mol. The van der Waals surface area contributed by atoms with Crippen LogP contribution < -0.4 is 10.6 Å². The maximum Gasteiger partial charge on any atom is 0.253 e. The lowest BCUT2D eigenvalue weighted by atomic mass is 10.1. The number of carbonyl (C=O) groups is 1. The Morgan fingerprint density at radius 3 is 3.00 bits per heavy atom. The summed E-state index contributed by atoms with van der Waals surface area (Å²) in [5.74, 6) is 0.0219. The molecule has 2 N–H and O–H groups in total. The topological polar surface area (TPSA) is 53.6 Å². The Hall–Kier alpha value is -1.59. The molecule has 0 saturated carbocycles. The van der Waals surface area contributed by atoms with Crippen molar-refractivity contribution in [3.05, 3.63) is 29.8 Å². The summed E-state index contributed by atoms with van der Waals surface area (Å²) in [6.07, 6.45) is 0.992. The molecular formula is C16H25N3O2. The van der Waals surface area contributed by atoms with Crippen LogP contribution in [0.1, 0.15) is 23.7 Å². The second-order valence-corrected chi connectivity index (χ2v) is 5.79. The van der Waals surface area contributed by atoms with Gasteiger partial charge in [0.15, 0.2) is 0 Å². The average Bonchev–Trinajstić information content (AvgIpc) is 2.47. The highest BCUT2D eigenvalue weighted by Crippen LogP contribution is 2.15. The summed E-state index contributed by atoms with van der Waals surface area (Å²) in [7, 11) is 3.53. The minimum Gasteiger partial charge on any atom is -0.383 e. The highest BCUT2D eigenvalue weighted by molar-refractivity contribution is 5.94. The summed E-state index contributed by atoms with van der Waals surface area (Å²) in [4.78, 5) is 13.6. The van der Waals surface area contributed by atoms with Crippen LogP contribution in [0.2, 0.25) is 0 Å². The van der Waals surface area contributed by atoms with E-state index in [-0.39, 0.29) is 5.91 Å². The zero-order chi connectivity index (χ0) is 15.2. The van der Waals surface area contributed by atoms with E-state index in [0.29, 0.717) is 17.6 Å². The Kier molecular flexibility index (Phi) is 5.59. The summed E-state index contributed by atoms with van der Waals surface area (Å²) in [5, 5.41) is 6.91. The van der Waals surface area contributed by atoms with E-state index in [1.165, 1.54) is 0 Å². The van der Waals surface area contributed by atoms with E-state index in [4.69, 9.17) is 4.74 Å². The summed E-state index contributed by atoms with van der Waals surface area (Å²) in [6, 6.07) is 8.36. The quantitative estimate of drug-likeness (QED) is 0.864. The first-order valence-electron chi connectivity index (χ1n) is 7.45. The molecule has 116 valence electrons. The minimum atomic E-state index is 0.0219. The van der Waals surface area contributed by atoms with Crippen molar-refractivity contribution < 1.29 is 9.53 Å². The first-order chi connectivity index (χ1) is 10.1. The predicted molar refractivity (Wildman–Crippen MR) is 84.8 cm³/mol. The van der Waals surface area contributed by atoms with Gasteiger partial charge in [0, 0.05) is 44.0 Å². The molecule has 0 bridgehead atoms. The van der Waals surface area contributed by atoms with E-state index < -0.39 is 0 Å². The first kappa shape index (κ1) is 15.8. The number of amides is 1. The van der Waals surface area contributed by atoms with Gasteiger partial charge in [-0.3, -0.25) is 4.79 Å². The molecule has 1 fully saturated rings. The lowest BCUT2D eigenvalue weighted by molar-refractivity contribution is 0.0731. The Morgan fingerprint density at radius 2 is 2.33 bits per heavy atom. The summed E-state index contributed by atoms with van der Waals surface area (Å²) in [5.41, 5.74) is 1.68. The van der Waals surface area contributed by atoms with Gasteiger partial charge in [0.25, 0.3) is 5.91 Å². The van der Waals surface area contributed by atoms with Crippen molar-refractivity contribution in [2.24, 2.45) is 0 Å². The van der Waals surface area contributed by atoms with Crippen molar-refractivity contribution in [2.45, 2.75) is 25.4 Å². The number of nitrogens with zero attached hydrogens (tertiary/aromatic N) is 1. The van der Waals surface area contributed by atoms with E-state index in [0.717, 1.165) is 31.9 Å². The van der Waals surface area contributed by atoms with E-state index in [1.54, 1.807) is 19.0 Å². The number of nitrogens with one attached hydrogen (secondary N) is 2. The van der Waals surface area contributed by atoms with Crippen molar-refractivity contribution in [3.8, 4) is 0 Å². The van der Waals surface area contributed by atoms with Crippen LogP contribution in [0.5, 0.6) is 0 Å². The Bertz CT molecular complexity index is 470. The van der Waals surface area contributed by atoms with E-state index >= 15 is 0 Å². The summed E-state index contributed by atoms with van der Waals surface area (Å²) < 4.78 is 5.47. The lowest BCUT2D eigenvalue weighted by Gasteiger charge is -2.27. The average molecular weight is 291 g/mol. The van der Waals surface area contributed by atoms with Gasteiger partial charge in [0.1, 0.15) is 0 Å². The van der Waals surface area contributed by atoms with Gasteiger partial charge < -0.3 is 20.3 Å². The highest BCUT2D eigenvalue weighted by Gasteiger charge is 2.16. The van der Waals surface area contributed by atoms with Crippen LogP contribution in [0.25, 0.3) is 0 Å². The van der Waals surface area contributed by atoms with Gasteiger partial charge in [0.05, 0.1) is 13.2 Å². The van der Waals surface area contributed by atoms with Crippen LogP contribution in [-0.4, -0.2) is 56.7 Å². The number of hydrogen-bond donors (Lipinski definition) is 2. The van der Waals surface area contributed by atoms with Gasteiger partial charge in [0.2, 0.25) is 0 Å². The molecular weight excluding hydrogens is 266 g/mol. The van der Waals surface area contributed by atoms with Crippen LogP contribution in [0, 0.1) is 0 Å². The number of rotatable bonds is 5. The van der Waals surface area contributed by atoms with Crippen molar-refractivity contribution >= 4 is 11.6 Å². The molecule has 21 heavy (non-hydrogen) atoms. The molecule has 0 aliphatic carbocycles. The number of hydrogen-bond acceptors (Lipinski definition) is 4. The standard InChI is InChI=1S/C16H25N3O2/c1-12(9-15-11-21-8-7-17-15)18-14-6-4-5-13(10-14)16(20)19(2)3/h4-6,10,12,15,17-18H,7-9,11H2,1-3H3. The molecule has 2 atom stereocenters. The molecule has 1 aliphatic heterocycles. The zero-order valence-corrected chi connectivity index (χ0v) is 13.1. The smallest absolute Gasteiger partial charge is 0.253 e. The third-order valence-corrected chi connectivity index (χ3v) is 3.57. The number of ether oxygens (including phenoxy) is 1. The maximum atomic E-state index is 12.0. The molecule has 2 unspecified atom stereocenters. The molecule has 0 aromatic heterocycles. The maximum absolute atomic E-state index is 12.0. The SMILES string of the molecule is CC(CC1COCCN1)Nc1cccc(C(=O)N(C)C)c1. The summed E-state index contributed by atoms with van der Waals surface area (Å²) in [6.45, 7) is 4.64. The number of morpholine rings is 1. The fourth-order valence-corrected chi connectivity index (χ4v) is 2.54. The fraction of sp³-hybridized carbons (Fsp3) is 0.562.